The first-order valence-electron chi connectivity index (χ1n) is 8.31. The van der Waals surface area contributed by atoms with Crippen molar-refractivity contribution in [3.8, 4) is 16.9 Å². The predicted molar refractivity (Wildman–Crippen MR) is 109 cm³/mol. The summed E-state index contributed by atoms with van der Waals surface area (Å²) >= 11 is 12.2. The summed E-state index contributed by atoms with van der Waals surface area (Å²) in [6.07, 6.45) is 3.05. The molecule has 0 atom stereocenters. The number of carbonyl (C=O) groups is 1. The monoisotopic (exact) mass is 403 g/mol. The SMILES string of the molecule is CC(C)(C)OC(=O)Nc1cccc(-n2cnc(-c3ccc(Cl)cc3Cl)c2)c1. The fraction of sp³-hybridized carbons (Fsp3) is 0.200. The maximum Gasteiger partial charge on any atom is 0.412 e. The van der Waals surface area contributed by atoms with Gasteiger partial charge in [-0.25, -0.2) is 9.78 Å². The summed E-state index contributed by atoms with van der Waals surface area (Å²) < 4.78 is 7.13. The molecule has 1 amide bonds. The Labute approximate surface area is 167 Å². The number of aromatic nitrogens is 2. The van der Waals surface area contributed by atoms with Gasteiger partial charge in [-0.15, -0.1) is 0 Å². The Bertz CT molecular complexity index is 977. The molecule has 3 rings (SSSR count). The highest BCUT2D eigenvalue weighted by Crippen LogP contribution is 2.29. The minimum atomic E-state index is -0.557. The van der Waals surface area contributed by atoms with Crippen LogP contribution in [0.2, 0.25) is 10.0 Å². The zero-order valence-corrected chi connectivity index (χ0v) is 16.7. The number of rotatable bonds is 3. The van der Waals surface area contributed by atoms with E-state index in [0.29, 0.717) is 15.7 Å². The summed E-state index contributed by atoms with van der Waals surface area (Å²) in [5.41, 5.74) is 2.43. The first-order valence-corrected chi connectivity index (χ1v) is 9.07. The van der Waals surface area contributed by atoms with Crippen LogP contribution in [0.4, 0.5) is 10.5 Å². The van der Waals surface area contributed by atoms with Crippen LogP contribution in [-0.2, 0) is 4.74 Å². The molecule has 0 saturated heterocycles. The van der Waals surface area contributed by atoms with E-state index in [1.807, 2.05) is 55.8 Å². The van der Waals surface area contributed by atoms with Crippen molar-refractivity contribution in [2.24, 2.45) is 0 Å². The van der Waals surface area contributed by atoms with Crippen molar-refractivity contribution < 1.29 is 9.53 Å². The number of imidazole rings is 1. The van der Waals surface area contributed by atoms with E-state index in [0.717, 1.165) is 16.9 Å². The Morgan fingerprint density at radius 1 is 1.15 bits per heavy atom. The molecule has 0 bridgehead atoms. The third-order valence-corrected chi connectivity index (χ3v) is 4.13. The first kappa shape index (κ1) is 19.3. The summed E-state index contributed by atoms with van der Waals surface area (Å²) in [6, 6.07) is 12.7. The third-order valence-electron chi connectivity index (χ3n) is 3.58. The minimum Gasteiger partial charge on any atom is -0.444 e. The van der Waals surface area contributed by atoms with Crippen molar-refractivity contribution in [2.45, 2.75) is 26.4 Å². The molecule has 0 aliphatic rings. The van der Waals surface area contributed by atoms with Gasteiger partial charge in [-0.2, -0.15) is 0 Å². The number of amides is 1. The molecule has 140 valence electrons. The quantitative estimate of drug-likeness (QED) is 0.566. The molecule has 1 heterocycles. The van der Waals surface area contributed by atoms with Crippen molar-refractivity contribution in [2.75, 3.05) is 5.32 Å². The lowest BCUT2D eigenvalue weighted by Crippen LogP contribution is -2.27. The molecule has 0 spiro atoms. The molecular weight excluding hydrogens is 385 g/mol. The summed E-state index contributed by atoms with van der Waals surface area (Å²) in [7, 11) is 0. The lowest BCUT2D eigenvalue weighted by atomic mass is 10.2. The summed E-state index contributed by atoms with van der Waals surface area (Å²) in [6.45, 7) is 5.45. The van der Waals surface area contributed by atoms with Gasteiger partial charge in [0, 0.05) is 28.2 Å². The molecule has 5 nitrogen and oxygen atoms in total. The number of carbonyl (C=O) groups excluding carboxylic acids is 1. The summed E-state index contributed by atoms with van der Waals surface area (Å²) in [5, 5.41) is 3.84. The molecule has 7 heteroatoms. The van der Waals surface area contributed by atoms with Crippen molar-refractivity contribution >= 4 is 35.0 Å². The summed E-state index contributed by atoms with van der Waals surface area (Å²) in [5.74, 6) is 0. The van der Waals surface area contributed by atoms with E-state index >= 15 is 0 Å². The van der Waals surface area contributed by atoms with Crippen LogP contribution < -0.4 is 5.32 Å². The van der Waals surface area contributed by atoms with E-state index in [1.54, 1.807) is 24.5 Å². The number of hydrogen-bond donors (Lipinski definition) is 1. The lowest BCUT2D eigenvalue weighted by molar-refractivity contribution is 0.0636. The number of hydrogen-bond acceptors (Lipinski definition) is 3. The van der Waals surface area contributed by atoms with E-state index in [9.17, 15) is 4.79 Å². The number of benzene rings is 2. The van der Waals surface area contributed by atoms with Crippen LogP contribution in [0, 0.1) is 0 Å². The second-order valence-electron chi connectivity index (χ2n) is 6.97. The van der Waals surface area contributed by atoms with Gasteiger partial charge in [-0.3, -0.25) is 5.32 Å². The highest BCUT2D eigenvalue weighted by molar-refractivity contribution is 6.36. The average molecular weight is 404 g/mol. The van der Waals surface area contributed by atoms with E-state index in [-0.39, 0.29) is 0 Å². The molecule has 3 aromatic rings. The Morgan fingerprint density at radius 3 is 2.63 bits per heavy atom. The topological polar surface area (TPSA) is 56.1 Å². The molecular formula is C20H19Cl2N3O2. The van der Waals surface area contributed by atoms with E-state index in [2.05, 4.69) is 10.3 Å². The third kappa shape index (κ3) is 5.02. The smallest absolute Gasteiger partial charge is 0.412 e. The van der Waals surface area contributed by atoms with Gasteiger partial charge in [0.25, 0.3) is 0 Å². The summed E-state index contributed by atoms with van der Waals surface area (Å²) in [4.78, 5) is 16.4. The Hall–Kier alpha value is -2.50. The molecule has 0 radical (unpaired) electrons. The van der Waals surface area contributed by atoms with Crippen molar-refractivity contribution in [1.29, 1.82) is 0 Å². The first-order chi connectivity index (χ1) is 12.7. The fourth-order valence-electron chi connectivity index (χ4n) is 2.47. The minimum absolute atomic E-state index is 0.501. The Morgan fingerprint density at radius 2 is 1.93 bits per heavy atom. The fourth-order valence-corrected chi connectivity index (χ4v) is 2.97. The van der Waals surface area contributed by atoms with E-state index in [4.69, 9.17) is 27.9 Å². The van der Waals surface area contributed by atoms with E-state index in [1.165, 1.54) is 0 Å². The van der Waals surface area contributed by atoms with Gasteiger partial charge < -0.3 is 9.30 Å². The van der Waals surface area contributed by atoms with Gasteiger partial charge in [0.1, 0.15) is 5.60 Å². The molecule has 0 unspecified atom stereocenters. The van der Waals surface area contributed by atoms with Gasteiger partial charge >= 0.3 is 6.09 Å². The van der Waals surface area contributed by atoms with Crippen LogP contribution in [0.3, 0.4) is 0 Å². The van der Waals surface area contributed by atoms with Gasteiger partial charge in [-0.1, -0.05) is 29.3 Å². The highest BCUT2D eigenvalue weighted by atomic mass is 35.5. The zero-order chi connectivity index (χ0) is 19.6. The predicted octanol–water partition coefficient (Wildman–Crippen LogP) is 6.19. The molecule has 0 aliphatic heterocycles. The zero-order valence-electron chi connectivity index (χ0n) is 15.2. The number of nitrogens with zero attached hydrogens (tertiary/aromatic N) is 2. The average Bonchev–Trinajstić information content (AvgIpc) is 3.03. The number of ether oxygens (including phenoxy) is 1. The van der Waals surface area contributed by atoms with Crippen molar-refractivity contribution in [1.82, 2.24) is 9.55 Å². The second kappa shape index (κ2) is 7.62. The molecule has 0 aliphatic carbocycles. The maximum atomic E-state index is 12.0. The van der Waals surface area contributed by atoms with Crippen molar-refractivity contribution in [3.05, 3.63) is 65.0 Å². The molecule has 0 fully saturated rings. The highest BCUT2D eigenvalue weighted by Gasteiger charge is 2.16. The second-order valence-corrected chi connectivity index (χ2v) is 7.81. The van der Waals surface area contributed by atoms with Crippen LogP contribution in [0.25, 0.3) is 16.9 Å². The molecule has 1 aromatic heterocycles. The lowest BCUT2D eigenvalue weighted by Gasteiger charge is -2.19. The van der Waals surface area contributed by atoms with Crippen LogP contribution in [0.5, 0.6) is 0 Å². The maximum absolute atomic E-state index is 12.0. The molecule has 2 aromatic carbocycles. The van der Waals surface area contributed by atoms with E-state index < -0.39 is 11.7 Å². The molecule has 1 N–H and O–H groups in total. The van der Waals surface area contributed by atoms with Gasteiger partial charge in [0.2, 0.25) is 0 Å². The van der Waals surface area contributed by atoms with Gasteiger partial charge in [0.15, 0.2) is 0 Å². The molecule has 27 heavy (non-hydrogen) atoms. The Balaban J connectivity index is 1.82. The van der Waals surface area contributed by atoms with Crippen LogP contribution in [-0.4, -0.2) is 21.2 Å². The largest absolute Gasteiger partial charge is 0.444 e. The van der Waals surface area contributed by atoms with Crippen LogP contribution in [0.15, 0.2) is 55.0 Å². The normalized spacial score (nSPS) is 11.3. The molecule has 0 saturated carbocycles. The van der Waals surface area contributed by atoms with Crippen LogP contribution in [0.1, 0.15) is 20.8 Å². The number of halogens is 2. The number of anilines is 1. The number of nitrogens with one attached hydrogen (secondary N) is 1. The van der Waals surface area contributed by atoms with Gasteiger partial charge in [-0.05, 0) is 57.2 Å². The van der Waals surface area contributed by atoms with Crippen molar-refractivity contribution in [3.63, 3.8) is 0 Å². The van der Waals surface area contributed by atoms with Gasteiger partial charge in [0.05, 0.1) is 17.0 Å². The Kier molecular flexibility index (Phi) is 5.44. The standard InChI is InChI=1S/C20H19Cl2N3O2/c1-20(2,3)27-19(26)24-14-5-4-6-15(10-14)25-11-18(23-12-25)16-8-7-13(21)9-17(16)22/h4-12H,1-3H3,(H,24,26). The van der Waals surface area contributed by atoms with Crippen LogP contribution >= 0.6 is 23.2 Å².